The zero-order chi connectivity index (χ0) is 19.1. The van der Waals surface area contributed by atoms with Gasteiger partial charge in [0, 0.05) is 0 Å². The van der Waals surface area contributed by atoms with Gasteiger partial charge in [0.15, 0.2) is 17.4 Å². The second kappa shape index (κ2) is 7.03. The monoisotopic (exact) mass is 400 g/mol. The van der Waals surface area contributed by atoms with Crippen LogP contribution in [0, 0.1) is 40.5 Å². The van der Waals surface area contributed by atoms with Crippen molar-refractivity contribution in [3.05, 3.63) is 39.4 Å². The van der Waals surface area contributed by atoms with Gasteiger partial charge in [0.05, 0.1) is 18.6 Å². The smallest absolute Gasteiger partial charge is 0.310 e. The maximum atomic E-state index is 13.9. The summed E-state index contributed by atoms with van der Waals surface area (Å²) in [7, 11) is 0.866. The molecule has 0 N–H and O–H groups in total. The van der Waals surface area contributed by atoms with Gasteiger partial charge in [-0.3, -0.25) is 4.79 Å². The molecule has 25 heavy (non-hydrogen) atoms. The number of allylic oxidation sites excluding steroid dienone is 1. The molecule has 0 amide bonds. The number of carbonyl (C=O) groups excluding carboxylic acids is 1. The Balaban J connectivity index is 2.18. The van der Waals surface area contributed by atoms with Crippen molar-refractivity contribution in [2.45, 2.75) is 20.5 Å². The van der Waals surface area contributed by atoms with Crippen LogP contribution < -0.4 is 4.74 Å². The van der Waals surface area contributed by atoms with Crippen molar-refractivity contribution in [3.8, 4) is 5.75 Å². The lowest BCUT2D eigenvalue weighted by Gasteiger charge is -2.11. The van der Waals surface area contributed by atoms with Crippen molar-refractivity contribution >= 4 is 29.2 Å². The second-order valence-corrected chi connectivity index (χ2v) is 7.16. The molecule has 2 unspecified atom stereocenters. The molecule has 138 valence electrons. The molecule has 0 bridgehead atoms. The third-order valence-electron chi connectivity index (χ3n) is 4.35. The van der Waals surface area contributed by atoms with Crippen LogP contribution in [-0.2, 0) is 16.1 Å². The number of hydrogen-bond acceptors (Lipinski definition) is 3. The van der Waals surface area contributed by atoms with Gasteiger partial charge in [-0.1, -0.05) is 37.0 Å². The van der Waals surface area contributed by atoms with Crippen molar-refractivity contribution in [1.82, 2.24) is 0 Å². The van der Waals surface area contributed by atoms with E-state index in [4.69, 9.17) is 27.9 Å². The number of halogens is 6. The van der Waals surface area contributed by atoms with Gasteiger partial charge < -0.3 is 9.47 Å². The molecule has 3 nitrogen and oxygen atoms in total. The molecule has 1 saturated carbocycles. The van der Waals surface area contributed by atoms with Crippen LogP contribution in [0.25, 0.3) is 0 Å². The van der Waals surface area contributed by atoms with Crippen LogP contribution in [0.15, 0.2) is 10.6 Å². The number of methoxy groups -OCH3 is 1. The molecular formula is C16H14Cl2F4O3. The first-order valence-corrected chi connectivity index (χ1v) is 7.87. The fourth-order valence-electron chi connectivity index (χ4n) is 2.77. The summed E-state index contributed by atoms with van der Waals surface area (Å²) in [4.78, 5) is 12.1. The van der Waals surface area contributed by atoms with Crippen LogP contribution in [0.5, 0.6) is 5.75 Å². The lowest BCUT2D eigenvalue weighted by Crippen LogP contribution is -2.14. The number of esters is 1. The summed E-state index contributed by atoms with van der Waals surface area (Å²) < 4.78 is 64.1. The number of hydrogen-bond donors (Lipinski definition) is 0. The van der Waals surface area contributed by atoms with E-state index in [-0.39, 0.29) is 10.4 Å². The van der Waals surface area contributed by atoms with Crippen LogP contribution in [0.4, 0.5) is 17.6 Å². The first-order valence-electron chi connectivity index (χ1n) is 7.12. The summed E-state index contributed by atoms with van der Waals surface area (Å²) in [5.41, 5.74) is -1.55. The minimum atomic E-state index is -1.70. The molecule has 1 aliphatic rings. The highest BCUT2D eigenvalue weighted by atomic mass is 35.5. The minimum Gasteiger partial charge on any atom is -0.491 e. The largest absolute Gasteiger partial charge is 0.491 e. The summed E-state index contributed by atoms with van der Waals surface area (Å²) in [5.74, 6) is -9.68. The average molecular weight is 401 g/mol. The number of rotatable bonds is 5. The molecule has 2 atom stereocenters. The molecule has 0 saturated heterocycles. The van der Waals surface area contributed by atoms with Gasteiger partial charge in [-0.15, -0.1) is 0 Å². The standard InChI is InChI=1S/C16H14Cl2F4O3/c1-16(2)7(4-8(17)18)9(16)15(23)25-5-6-10(19)12(21)14(24-3)13(22)11(6)20/h4,7,9H,5H2,1-3H3. The lowest BCUT2D eigenvalue weighted by atomic mass is 10.1. The van der Waals surface area contributed by atoms with Crippen molar-refractivity contribution in [2.24, 2.45) is 17.3 Å². The summed E-state index contributed by atoms with van der Waals surface area (Å²) in [6.07, 6.45) is 1.46. The predicted molar refractivity (Wildman–Crippen MR) is 83.2 cm³/mol. The second-order valence-electron chi connectivity index (χ2n) is 6.16. The number of ether oxygens (including phenoxy) is 2. The van der Waals surface area contributed by atoms with Gasteiger partial charge in [-0.2, -0.15) is 8.78 Å². The first kappa shape index (κ1) is 19.8. The van der Waals surface area contributed by atoms with Gasteiger partial charge in [0.2, 0.25) is 11.6 Å². The van der Waals surface area contributed by atoms with Crippen LogP contribution in [0.3, 0.4) is 0 Å². The van der Waals surface area contributed by atoms with Gasteiger partial charge in [-0.05, 0) is 17.4 Å². The van der Waals surface area contributed by atoms with Crippen LogP contribution in [0.2, 0.25) is 0 Å². The Bertz CT molecular complexity index is 716. The average Bonchev–Trinajstić information content (AvgIpc) is 3.05. The van der Waals surface area contributed by atoms with E-state index in [0.29, 0.717) is 0 Å². The summed E-state index contributed by atoms with van der Waals surface area (Å²) in [6, 6.07) is 0. The van der Waals surface area contributed by atoms with Crippen molar-refractivity contribution < 1.29 is 31.8 Å². The highest BCUT2D eigenvalue weighted by Crippen LogP contribution is 2.60. The molecule has 1 aromatic rings. The quantitative estimate of drug-likeness (QED) is 0.401. The van der Waals surface area contributed by atoms with Crippen molar-refractivity contribution in [3.63, 3.8) is 0 Å². The Labute approximate surface area is 151 Å². The van der Waals surface area contributed by atoms with Gasteiger partial charge in [0.1, 0.15) is 11.1 Å². The van der Waals surface area contributed by atoms with E-state index >= 15 is 0 Å². The van der Waals surface area contributed by atoms with E-state index in [2.05, 4.69) is 4.74 Å². The van der Waals surface area contributed by atoms with Gasteiger partial charge in [0.25, 0.3) is 0 Å². The molecule has 1 fully saturated rings. The molecule has 1 aliphatic carbocycles. The number of benzene rings is 1. The maximum absolute atomic E-state index is 13.9. The van der Waals surface area contributed by atoms with E-state index in [9.17, 15) is 22.4 Å². The third kappa shape index (κ3) is 3.58. The molecule has 0 spiro atoms. The van der Waals surface area contributed by atoms with Gasteiger partial charge >= 0.3 is 5.97 Å². The van der Waals surface area contributed by atoms with Crippen molar-refractivity contribution in [1.29, 1.82) is 0 Å². The molecule has 0 aliphatic heterocycles. The summed E-state index contributed by atoms with van der Waals surface area (Å²) >= 11 is 11.1. The highest BCUT2D eigenvalue weighted by molar-refractivity contribution is 6.55. The van der Waals surface area contributed by atoms with Gasteiger partial charge in [-0.25, -0.2) is 8.78 Å². The van der Waals surface area contributed by atoms with E-state index in [1.807, 2.05) is 0 Å². The molecule has 0 heterocycles. The summed E-state index contributed by atoms with van der Waals surface area (Å²) in [6.45, 7) is 2.54. The van der Waals surface area contributed by atoms with Crippen LogP contribution in [-0.4, -0.2) is 13.1 Å². The van der Waals surface area contributed by atoms with E-state index in [1.54, 1.807) is 13.8 Å². The molecule has 9 heteroatoms. The van der Waals surface area contributed by atoms with Crippen molar-refractivity contribution in [2.75, 3.05) is 7.11 Å². The molecule has 0 aromatic heterocycles. The Morgan fingerprint density at radius 2 is 1.64 bits per heavy atom. The topological polar surface area (TPSA) is 35.5 Å². The van der Waals surface area contributed by atoms with E-state index < -0.39 is 58.5 Å². The third-order valence-corrected chi connectivity index (χ3v) is 4.60. The zero-order valence-corrected chi connectivity index (χ0v) is 14.9. The minimum absolute atomic E-state index is 0.0234. The first-order chi connectivity index (χ1) is 11.5. The Hall–Kier alpha value is -1.47. The van der Waals surface area contributed by atoms with Crippen LogP contribution in [0.1, 0.15) is 19.4 Å². The fraction of sp³-hybridized carbons (Fsp3) is 0.438. The Morgan fingerprint density at radius 1 is 1.12 bits per heavy atom. The van der Waals surface area contributed by atoms with E-state index in [0.717, 1.165) is 7.11 Å². The highest BCUT2D eigenvalue weighted by Gasteiger charge is 2.61. The van der Waals surface area contributed by atoms with E-state index in [1.165, 1.54) is 6.08 Å². The Morgan fingerprint density at radius 3 is 2.08 bits per heavy atom. The molecule has 1 aromatic carbocycles. The van der Waals surface area contributed by atoms with Crippen LogP contribution >= 0.6 is 23.2 Å². The maximum Gasteiger partial charge on any atom is 0.310 e. The SMILES string of the molecule is COc1c(F)c(F)c(COC(=O)C2C(C=C(Cl)Cl)C2(C)C)c(F)c1F. The number of carbonyl (C=O) groups is 1. The predicted octanol–water partition coefficient (Wildman–Crippen LogP) is 4.89. The lowest BCUT2D eigenvalue weighted by molar-refractivity contribution is -0.147. The summed E-state index contributed by atoms with van der Waals surface area (Å²) in [5, 5.41) is 0. The molecule has 0 radical (unpaired) electrons. The normalized spacial score (nSPS) is 20.8. The zero-order valence-electron chi connectivity index (χ0n) is 13.4. The Kier molecular flexibility index (Phi) is 5.59. The fourth-order valence-corrected chi connectivity index (χ4v) is 3.04. The molecular weight excluding hydrogens is 387 g/mol. The molecule has 2 rings (SSSR count).